The number of halogens is 7. The minimum absolute atomic E-state index is 0.371. The topological polar surface area (TPSA) is 116 Å². The predicted molar refractivity (Wildman–Crippen MR) is 97.3 cm³/mol. The van der Waals surface area contributed by atoms with Crippen LogP contribution in [0.1, 0.15) is 21.5 Å². The molecule has 0 unspecified atom stereocenters. The number of ether oxygens (including phenoxy) is 2. The highest BCUT2D eigenvalue weighted by Crippen LogP contribution is 2.38. The molecule has 2 rings (SSSR count). The number of alkyl halides is 6. The molecule has 0 amide bonds. The molecule has 0 aliphatic rings. The highest BCUT2D eigenvalue weighted by Gasteiger charge is 2.41. The van der Waals surface area contributed by atoms with Crippen molar-refractivity contribution in [2.45, 2.75) is 18.8 Å². The zero-order valence-electron chi connectivity index (χ0n) is 15.8. The number of carbonyl (C=O) groups excluding carboxylic acids is 1. The molecule has 0 aliphatic carbocycles. The third-order valence-electron chi connectivity index (χ3n) is 3.90. The van der Waals surface area contributed by atoms with Crippen molar-refractivity contribution in [3.05, 3.63) is 62.2 Å². The molecule has 8 nitrogen and oxygen atoms in total. The van der Waals surface area contributed by atoms with E-state index in [0.29, 0.717) is 18.2 Å². The van der Waals surface area contributed by atoms with Gasteiger partial charge >= 0.3 is 24.3 Å². The van der Waals surface area contributed by atoms with Crippen LogP contribution in [0, 0.1) is 10.1 Å². The summed E-state index contributed by atoms with van der Waals surface area (Å²) in [7, 11) is 0. The van der Waals surface area contributed by atoms with Crippen LogP contribution >= 0.6 is 11.6 Å². The summed E-state index contributed by atoms with van der Waals surface area (Å²) < 4.78 is 84.2. The van der Waals surface area contributed by atoms with Crippen molar-refractivity contribution in [3.8, 4) is 11.5 Å². The molecule has 33 heavy (non-hydrogen) atoms. The number of esters is 1. The van der Waals surface area contributed by atoms with E-state index in [1.54, 1.807) is 0 Å². The van der Waals surface area contributed by atoms with Crippen molar-refractivity contribution in [1.29, 1.82) is 0 Å². The summed E-state index contributed by atoms with van der Waals surface area (Å²) in [6.45, 7) is -0.997. The molecule has 0 heterocycles. The van der Waals surface area contributed by atoms with E-state index in [4.69, 9.17) is 16.3 Å². The molecule has 0 bridgehead atoms. The van der Waals surface area contributed by atoms with E-state index in [0.717, 1.165) is 12.1 Å². The number of carbonyl (C=O) groups is 2. The quantitative estimate of drug-likeness (QED) is 0.233. The number of nitro groups is 1. The molecule has 0 fully saturated rings. The number of hydrogen-bond acceptors (Lipinski definition) is 6. The molecule has 0 radical (unpaired) electrons. The van der Waals surface area contributed by atoms with Crippen LogP contribution in [-0.4, -0.2) is 34.8 Å². The lowest BCUT2D eigenvalue weighted by Crippen LogP contribution is -2.26. The van der Waals surface area contributed by atoms with E-state index in [1.165, 1.54) is 0 Å². The molecule has 15 heteroatoms. The summed E-state index contributed by atoms with van der Waals surface area (Å²) in [5, 5.41) is 20.1. The Labute approximate surface area is 184 Å². The summed E-state index contributed by atoms with van der Waals surface area (Å²) in [4.78, 5) is 32.5. The van der Waals surface area contributed by atoms with Crippen LogP contribution in [0.3, 0.4) is 0 Å². The molecule has 2 aromatic rings. The summed E-state index contributed by atoms with van der Waals surface area (Å²) in [5.41, 5.74) is -3.52. The van der Waals surface area contributed by atoms with Crippen molar-refractivity contribution >= 4 is 29.2 Å². The Morgan fingerprint density at radius 2 is 1.73 bits per heavy atom. The zero-order chi connectivity index (χ0) is 25.1. The maximum Gasteiger partial charge on any atom is 0.490 e. The molecule has 0 aromatic heterocycles. The van der Waals surface area contributed by atoms with Crippen LogP contribution in [-0.2, 0) is 22.1 Å². The lowest BCUT2D eigenvalue weighted by Gasteiger charge is -2.13. The van der Waals surface area contributed by atoms with Gasteiger partial charge in [-0.2, -0.15) is 26.3 Å². The second kappa shape index (κ2) is 9.52. The first-order valence-corrected chi connectivity index (χ1v) is 8.82. The van der Waals surface area contributed by atoms with Crippen LogP contribution in [0.4, 0.5) is 32.0 Å². The molecule has 1 N–H and O–H groups in total. The number of carboxylic acids is 1. The van der Waals surface area contributed by atoms with Crippen molar-refractivity contribution < 1.29 is 55.4 Å². The Morgan fingerprint density at radius 3 is 2.21 bits per heavy atom. The minimum Gasteiger partial charge on any atom is -0.477 e. The van der Waals surface area contributed by atoms with Crippen LogP contribution in [0.2, 0.25) is 5.02 Å². The highest BCUT2D eigenvalue weighted by molar-refractivity contribution is 6.32. The molecule has 0 saturated heterocycles. The normalized spacial score (nSPS) is 11.7. The van der Waals surface area contributed by atoms with Gasteiger partial charge in [0.1, 0.15) is 17.1 Å². The number of nitrogens with zero attached hydrogens (tertiary/aromatic N) is 1. The number of rotatable bonds is 7. The van der Waals surface area contributed by atoms with Gasteiger partial charge in [-0.15, -0.1) is 0 Å². The Kier molecular flexibility index (Phi) is 7.42. The van der Waals surface area contributed by atoms with Gasteiger partial charge in [0, 0.05) is 18.1 Å². The van der Waals surface area contributed by atoms with Gasteiger partial charge in [0.25, 0.3) is 5.69 Å². The molecule has 0 atom stereocenters. The van der Waals surface area contributed by atoms with Gasteiger partial charge in [0.2, 0.25) is 0 Å². The molecule has 2 aromatic carbocycles. The van der Waals surface area contributed by atoms with E-state index < -0.39 is 75.4 Å². The molecular formula is C18H10ClF6NO7. The lowest BCUT2D eigenvalue weighted by molar-refractivity contribution is -0.385. The molecule has 0 saturated carbocycles. The number of benzene rings is 2. The van der Waals surface area contributed by atoms with Gasteiger partial charge in [-0.25, -0.2) is 9.59 Å². The molecule has 0 spiro atoms. The van der Waals surface area contributed by atoms with Gasteiger partial charge in [0.05, 0.1) is 22.1 Å². The third-order valence-corrected chi connectivity index (χ3v) is 4.19. The first-order valence-electron chi connectivity index (χ1n) is 8.44. The van der Waals surface area contributed by atoms with E-state index in [1.807, 2.05) is 0 Å². The molecule has 178 valence electrons. The fourth-order valence-electron chi connectivity index (χ4n) is 2.52. The number of nitro benzene ring substituents is 1. The summed E-state index contributed by atoms with van der Waals surface area (Å²) in [6, 6.07) is 3.50. The Hall–Kier alpha value is -3.55. The van der Waals surface area contributed by atoms with Gasteiger partial charge < -0.3 is 14.6 Å². The van der Waals surface area contributed by atoms with E-state index in [2.05, 4.69) is 4.74 Å². The van der Waals surface area contributed by atoms with Crippen LogP contribution < -0.4 is 4.74 Å². The number of hydrogen-bond donors (Lipinski definition) is 1. The fourth-order valence-corrected chi connectivity index (χ4v) is 2.74. The van der Waals surface area contributed by atoms with Gasteiger partial charge in [0.15, 0.2) is 0 Å². The van der Waals surface area contributed by atoms with Gasteiger partial charge in [-0.1, -0.05) is 11.6 Å². The second-order valence-electron chi connectivity index (χ2n) is 6.17. The van der Waals surface area contributed by atoms with Crippen molar-refractivity contribution in [3.63, 3.8) is 0 Å². The average molecular weight is 502 g/mol. The van der Waals surface area contributed by atoms with Crippen LogP contribution in [0.15, 0.2) is 30.3 Å². The molecule has 0 aliphatic heterocycles. The summed E-state index contributed by atoms with van der Waals surface area (Å²) in [6.07, 6.45) is -10.7. The monoisotopic (exact) mass is 501 g/mol. The number of aromatic carboxylic acids is 1. The number of carboxylic acid groups (broad SMARTS) is 1. The Morgan fingerprint density at radius 1 is 1.09 bits per heavy atom. The second-order valence-corrected chi connectivity index (χ2v) is 6.58. The zero-order valence-corrected chi connectivity index (χ0v) is 16.5. The first-order chi connectivity index (χ1) is 15.1. The SMILES string of the molecule is O=C(O)c1cc(Oc2ccc(C(F)(F)F)cc2Cl)cc(CCOC(=O)C(F)(F)F)c1[N+](=O)[O-]. The Bertz CT molecular complexity index is 1100. The molecular weight excluding hydrogens is 492 g/mol. The standard InChI is InChI=1S/C18H10ClF6NO7/c19-12-6-9(17(20,21)22)1-2-13(12)33-10-5-8(3-4-32-16(29)18(23,24)25)14(26(30)31)11(7-10)15(27)28/h1-2,5-7H,3-4H2,(H,27,28). The van der Waals surface area contributed by atoms with Crippen LogP contribution in [0.5, 0.6) is 11.5 Å². The van der Waals surface area contributed by atoms with Crippen LogP contribution in [0.25, 0.3) is 0 Å². The maximum absolute atomic E-state index is 12.8. The highest BCUT2D eigenvalue weighted by atomic mass is 35.5. The maximum atomic E-state index is 12.8. The Balaban J connectivity index is 2.43. The smallest absolute Gasteiger partial charge is 0.477 e. The third kappa shape index (κ3) is 6.47. The van der Waals surface area contributed by atoms with Gasteiger partial charge in [-0.3, -0.25) is 10.1 Å². The van der Waals surface area contributed by atoms with E-state index in [-0.39, 0.29) is 5.75 Å². The first kappa shape index (κ1) is 25.7. The average Bonchev–Trinajstić information content (AvgIpc) is 2.67. The van der Waals surface area contributed by atoms with E-state index in [9.17, 15) is 51.2 Å². The largest absolute Gasteiger partial charge is 0.490 e. The predicted octanol–water partition coefficient (Wildman–Crippen LogP) is 5.41. The van der Waals surface area contributed by atoms with E-state index >= 15 is 0 Å². The van der Waals surface area contributed by atoms with Crippen molar-refractivity contribution in [2.75, 3.05) is 6.61 Å². The lowest BCUT2D eigenvalue weighted by atomic mass is 10.0. The summed E-state index contributed by atoms with van der Waals surface area (Å²) in [5.74, 6) is -5.17. The minimum atomic E-state index is -5.32. The fraction of sp³-hybridized carbons (Fsp3) is 0.222. The van der Waals surface area contributed by atoms with Crippen molar-refractivity contribution in [1.82, 2.24) is 0 Å². The summed E-state index contributed by atoms with van der Waals surface area (Å²) >= 11 is 5.76. The van der Waals surface area contributed by atoms with Crippen molar-refractivity contribution in [2.24, 2.45) is 0 Å². The van der Waals surface area contributed by atoms with Gasteiger partial charge in [-0.05, 0) is 24.3 Å².